The molecule has 1 aromatic heterocycles. The smallest absolute Gasteiger partial charge is 0.326 e. The van der Waals surface area contributed by atoms with E-state index < -0.39 is 30.0 Å². The molecule has 0 aliphatic carbocycles. The molecule has 0 bridgehead atoms. The van der Waals surface area contributed by atoms with Gasteiger partial charge in [-0.2, -0.15) is 0 Å². The van der Waals surface area contributed by atoms with Gasteiger partial charge < -0.3 is 15.4 Å². The molecule has 0 atom stereocenters. The third-order valence-corrected chi connectivity index (χ3v) is 4.77. The molecule has 2 heterocycles. The molecular formula is C18H20N4O4S. The summed E-state index contributed by atoms with van der Waals surface area (Å²) in [7, 11) is 0. The summed E-state index contributed by atoms with van der Waals surface area (Å²) >= 11 is 1.39. The topological polar surface area (TPSA) is 101 Å². The molecule has 0 saturated carbocycles. The first-order valence-electron chi connectivity index (χ1n) is 8.32. The van der Waals surface area contributed by atoms with Crippen LogP contribution in [0.2, 0.25) is 0 Å². The van der Waals surface area contributed by atoms with Gasteiger partial charge in [-0.3, -0.25) is 14.5 Å². The van der Waals surface area contributed by atoms with E-state index in [0.29, 0.717) is 10.8 Å². The molecule has 1 aromatic carbocycles. The van der Waals surface area contributed by atoms with Crippen molar-refractivity contribution >= 4 is 40.1 Å². The van der Waals surface area contributed by atoms with E-state index in [-0.39, 0.29) is 6.61 Å². The van der Waals surface area contributed by atoms with Crippen LogP contribution < -0.4 is 10.6 Å². The number of nitrogens with zero attached hydrogens (tertiary/aromatic N) is 2. The van der Waals surface area contributed by atoms with Gasteiger partial charge in [-0.25, -0.2) is 9.78 Å². The number of urea groups is 1. The summed E-state index contributed by atoms with van der Waals surface area (Å²) in [5.74, 6) is -1.13. The van der Waals surface area contributed by atoms with Gasteiger partial charge in [0.15, 0.2) is 5.13 Å². The Morgan fingerprint density at radius 3 is 2.63 bits per heavy atom. The van der Waals surface area contributed by atoms with Crippen LogP contribution in [0.25, 0.3) is 0 Å². The fourth-order valence-corrected chi connectivity index (χ4v) is 3.20. The molecule has 0 spiro atoms. The number of amides is 3. The normalized spacial score (nSPS) is 15.6. The lowest BCUT2D eigenvalue weighted by molar-refractivity contribution is -0.148. The molecule has 1 aliphatic rings. The van der Waals surface area contributed by atoms with Crippen molar-refractivity contribution in [1.29, 1.82) is 0 Å². The van der Waals surface area contributed by atoms with Crippen molar-refractivity contribution in [3.05, 3.63) is 40.9 Å². The summed E-state index contributed by atoms with van der Waals surface area (Å²) in [5, 5.41) is 8.15. The maximum absolute atomic E-state index is 12.1. The predicted octanol–water partition coefficient (Wildman–Crippen LogP) is 2.57. The largest absolute Gasteiger partial charge is 0.458 e. The van der Waals surface area contributed by atoms with Gasteiger partial charge in [0, 0.05) is 11.1 Å². The van der Waals surface area contributed by atoms with Gasteiger partial charge in [0.2, 0.25) is 0 Å². The van der Waals surface area contributed by atoms with Crippen molar-refractivity contribution in [3.63, 3.8) is 0 Å². The number of imide groups is 1. The van der Waals surface area contributed by atoms with Gasteiger partial charge >= 0.3 is 12.0 Å². The number of nitrogens with one attached hydrogen (secondary N) is 2. The van der Waals surface area contributed by atoms with Crippen LogP contribution in [0.4, 0.5) is 15.6 Å². The van der Waals surface area contributed by atoms with Crippen LogP contribution in [-0.4, -0.2) is 39.9 Å². The standard InChI is InChI=1S/C18H20N4O4S/c1-11-4-6-12(7-5-11)19-16-20-13(10-27-16)9-26-14(23)8-22-15(24)18(2,3)21-17(22)25/h4-7,10H,8-9H2,1-3H3,(H,19,20)(H,21,25). The number of ether oxygens (including phenoxy) is 1. The van der Waals surface area contributed by atoms with Crippen LogP contribution in [-0.2, 0) is 20.9 Å². The van der Waals surface area contributed by atoms with Crippen LogP contribution in [0.5, 0.6) is 0 Å². The zero-order valence-corrected chi connectivity index (χ0v) is 16.1. The highest BCUT2D eigenvalue weighted by molar-refractivity contribution is 7.13. The molecule has 1 saturated heterocycles. The summed E-state index contributed by atoms with van der Waals surface area (Å²) in [4.78, 5) is 41.0. The van der Waals surface area contributed by atoms with Crippen molar-refractivity contribution in [2.75, 3.05) is 11.9 Å². The molecule has 27 heavy (non-hydrogen) atoms. The number of aryl methyl sites for hydroxylation is 1. The average Bonchev–Trinajstić information content (AvgIpc) is 3.13. The fourth-order valence-electron chi connectivity index (χ4n) is 2.48. The van der Waals surface area contributed by atoms with Gasteiger partial charge in [-0.15, -0.1) is 11.3 Å². The summed E-state index contributed by atoms with van der Waals surface area (Å²) in [6.45, 7) is 4.72. The number of carbonyl (C=O) groups is 3. The number of esters is 1. The van der Waals surface area contributed by atoms with Gasteiger partial charge in [0.05, 0.1) is 5.69 Å². The number of carbonyl (C=O) groups excluding carboxylic acids is 3. The van der Waals surface area contributed by atoms with Crippen LogP contribution in [0.1, 0.15) is 25.1 Å². The number of benzene rings is 1. The minimum Gasteiger partial charge on any atom is -0.458 e. The van der Waals surface area contributed by atoms with E-state index in [9.17, 15) is 14.4 Å². The number of anilines is 2. The van der Waals surface area contributed by atoms with Gasteiger partial charge in [0.25, 0.3) is 5.91 Å². The molecule has 142 valence electrons. The first kappa shape index (κ1) is 18.8. The quantitative estimate of drug-likeness (QED) is 0.583. The molecule has 8 nitrogen and oxygen atoms in total. The lowest BCUT2D eigenvalue weighted by atomic mass is 10.1. The van der Waals surface area contributed by atoms with Gasteiger partial charge in [0.1, 0.15) is 18.7 Å². The molecule has 0 radical (unpaired) electrons. The Morgan fingerprint density at radius 2 is 2.00 bits per heavy atom. The Hall–Kier alpha value is -2.94. The molecule has 2 N–H and O–H groups in total. The van der Waals surface area contributed by atoms with E-state index in [2.05, 4.69) is 15.6 Å². The van der Waals surface area contributed by atoms with Crippen molar-refractivity contribution in [2.45, 2.75) is 32.9 Å². The fraction of sp³-hybridized carbons (Fsp3) is 0.333. The number of rotatable bonds is 6. The second-order valence-electron chi connectivity index (χ2n) is 6.74. The molecule has 3 amide bonds. The summed E-state index contributed by atoms with van der Waals surface area (Å²) in [6.07, 6.45) is 0. The third kappa shape index (κ3) is 4.43. The molecular weight excluding hydrogens is 368 g/mol. The Kier molecular flexibility index (Phi) is 5.13. The van der Waals surface area contributed by atoms with Crippen molar-refractivity contribution in [1.82, 2.24) is 15.2 Å². The zero-order valence-electron chi connectivity index (χ0n) is 15.2. The monoisotopic (exact) mass is 388 g/mol. The summed E-state index contributed by atoms with van der Waals surface area (Å²) in [5.41, 5.74) is 1.66. The van der Waals surface area contributed by atoms with Crippen LogP contribution >= 0.6 is 11.3 Å². The lowest BCUT2D eigenvalue weighted by Crippen LogP contribution is -2.41. The number of hydrogen-bond acceptors (Lipinski definition) is 7. The average molecular weight is 388 g/mol. The summed E-state index contributed by atoms with van der Waals surface area (Å²) in [6, 6.07) is 7.30. The molecule has 9 heteroatoms. The van der Waals surface area contributed by atoms with E-state index in [0.717, 1.165) is 10.6 Å². The molecule has 2 aromatic rings. The lowest BCUT2D eigenvalue weighted by Gasteiger charge is -2.15. The molecule has 0 unspecified atom stereocenters. The maximum atomic E-state index is 12.1. The Morgan fingerprint density at radius 1 is 1.30 bits per heavy atom. The van der Waals surface area contributed by atoms with Crippen molar-refractivity contribution in [3.8, 4) is 0 Å². The Bertz CT molecular complexity index is 876. The predicted molar refractivity (Wildman–Crippen MR) is 101 cm³/mol. The van der Waals surface area contributed by atoms with Crippen LogP contribution in [0.3, 0.4) is 0 Å². The van der Waals surface area contributed by atoms with Crippen molar-refractivity contribution < 1.29 is 19.1 Å². The molecule has 1 aliphatic heterocycles. The van der Waals surface area contributed by atoms with Crippen LogP contribution in [0.15, 0.2) is 29.6 Å². The third-order valence-electron chi connectivity index (χ3n) is 3.97. The first-order chi connectivity index (χ1) is 12.7. The van der Waals surface area contributed by atoms with E-state index in [4.69, 9.17) is 4.74 Å². The highest BCUT2D eigenvalue weighted by Crippen LogP contribution is 2.22. The Labute approximate surface area is 160 Å². The van der Waals surface area contributed by atoms with E-state index >= 15 is 0 Å². The highest BCUT2D eigenvalue weighted by Gasteiger charge is 2.45. The highest BCUT2D eigenvalue weighted by atomic mass is 32.1. The van der Waals surface area contributed by atoms with Gasteiger partial charge in [-0.05, 0) is 32.9 Å². The Balaban J connectivity index is 1.51. The maximum Gasteiger partial charge on any atom is 0.326 e. The van der Waals surface area contributed by atoms with E-state index in [1.807, 2.05) is 31.2 Å². The second-order valence-corrected chi connectivity index (χ2v) is 7.60. The first-order valence-corrected chi connectivity index (χ1v) is 9.20. The molecule has 3 rings (SSSR count). The molecule has 1 fully saturated rings. The van der Waals surface area contributed by atoms with Crippen molar-refractivity contribution in [2.24, 2.45) is 0 Å². The zero-order chi connectivity index (χ0) is 19.6. The van der Waals surface area contributed by atoms with Gasteiger partial charge in [-0.1, -0.05) is 17.7 Å². The van der Waals surface area contributed by atoms with E-state index in [1.165, 1.54) is 16.9 Å². The minimum absolute atomic E-state index is 0.0298. The number of thiazole rings is 1. The second kappa shape index (κ2) is 7.36. The SMILES string of the molecule is Cc1ccc(Nc2nc(COC(=O)CN3C(=O)NC(C)(C)C3=O)cs2)cc1. The summed E-state index contributed by atoms with van der Waals surface area (Å²) < 4.78 is 5.14. The number of hydrogen-bond donors (Lipinski definition) is 2. The minimum atomic E-state index is -1.01. The number of aromatic nitrogens is 1. The van der Waals surface area contributed by atoms with E-state index in [1.54, 1.807) is 19.2 Å². The van der Waals surface area contributed by atoms with Crippen LogP contribution in [0, 0.1) is 6.92 Å².